The zero-order valence-corrected chi connectivity index (χ0v) is 12.3. The van der Waals surface area contributed by atoms with Crippen molar-refractivity contribution in [3.8, 4) is 0 Å². The lowest BCUT2D eigenvalue weighted by molar-refractivity contribution is 0.523. The molecule has 1 rings (SSSR count). The number of benzene rings is 1. The summed E-state index contributed by atoms with van der Waals surface area (Å²) in [6, 6.07) is 5.59. The molecule has 0 atom stereocenters. The van der Waals surface area contributed by atoms with Crippen LogP contribution in [0.1, 0.15) is 46.0 Å². The van der Waals surface area contributed by atoms with Crippen LogP contribution in [0, 0.1) is 5.92 Å². The van der Waals surface area contributed by atoms with Gasteiger partial charge in [-0.05, 0) is 30.5 Å². The second kappa shape index (κ2) is 8.25. The first kappa shape index (κ1) is 15.2. The summed E-state index contributed by atoms with van der Waals surface area (Å²) in [5, 5.41) is 4.04. The van der Waals surface area contributed by atoms with Gasteiger partial charge in [-0.3, -0.25) is 0 Å². The fraction of sp³-hybridized carbons (Fsp3) is 0.600. The second-order valence-corrected chi connectivity index (χ2v) is 5.69. The highest BCUT2D eigenvalue weighted by Gasteiger charge is 1.99. The highest BCUT2D eigenvalue weighted by molar-refractivity contribution is 6.31. The molecular formula is C15H25ClN2. The Morgan fingerprint density at radius 3 is 2.56 bits per heavy atom. The molecule has 0 saturated heterocycles. The average Bonchev–Trinajstić information content (AvgIpc) is 2.30. The molecule has 0 spiro atoms. The maximum Gasteiger partial charge on any atom is 0.0574 e. The Kier molecular flexibility index (Phi) is 6.96. The van der Waals surface area contributed by atoms with Gasteiger partial charge in [-0.1, -0.05) is 51.1 Å². The molecule has 0 amide bonds. The molecule has 0 heterocycles. The van der Waals surface area contributed by atoms with E-state index in [2.05, 4.69) is 19.2 Å². The van der Waals surface area contributed by atoms with Crippen molar-refractivity contribution in [2.24, 2.45) is 5.92 Å². The average molecular weight is 269 g/mol. The molecule has 0 unspecified atom stereocenters. The van der Waals surface area contributed by atoms with Gasteiger partial charge in [-0.15, -0.1) is 0 Å². The topological polar surface area (TPSA) is 38.0 Å². The molecule has 0 fully saturated rings. The van der Waals surface area contributed by atoms with Crippen LogP contribution in [0.5, 0.6) is 0 Å². The predicted octanol–water partition coefficient (Wildman–Crippen LogP) is 4.94. The number of halogens is 1. The molecule has 0 radical (unpaired) electrons. The lowest BCUT2D eigenvalue weighted by Crippen LogP contribution is -2.04. The molecule has 0 aromatic heterocycles. The van der Waals surface area contributed by atoms with Crippen LogP contribution in [-0.2, 0) is 0 Å². The van der Waals surface area contributed by atoms with E-state index in [0.717, 1.165) is 23.8 Å². The minimum absolute atomic E-state index is 0.687. The van der Waals surface area contributed by atoms with Gasteiger partial charge in [0.1, 0.15) is 0 Å². The molecule has 1 aromatic carbocycles. The van der Waals surface area contributed by atoms with E-state index in [9.17, 15) is 0 Å². The summed E-state index contributed by atoms with van der Waals surface area (Å²) in [7, 11) is 0. The van der Waals surface area contributed by atoms with Gasteiger partial charge in [0.25, 0.3) is 0 Å². The number of rotatable bonds is 8. The van der Waals surface area contributed by atoms with Crippen molar-refractivity contribution in [1.29, 1.82) is 0 Å². The Labute approximate surface area is 116 Å². The molecule has 0 aliphatic rings. The fourth-order valence-corrected chi connectivity index (χ4v) is 2.13. The van der Waals surface area contributed by atoms with E-state index in [0.29, 0.717) is 5.02 Å². The Bertz CT molecular complexity index is 350. The first-order chi connectivity index (χ1) is 8.59. The minimum Gasteiger partial charge on any atom is -0.397 e. The van der Waals surface area contributed by atoms with Crippen LogP contribution < -0.4 is 11.1 Å². The largest absolute Gasteiger partial charge is 0.397 e. The highest BCUT2D eigenvalue weighted by atomic mass is 35.5. The molecule has 2 nitrogen and oxygen atoms in total. The minimum atomic E-state index is 0.687. The van der Waals surface area contributed by atoms with Crippen molar-refractivity contribution in [1.82, 2.24) is 0 Å². The highest BCUT2D eigenvalue weighted by Crippen LogP contribution is 2.22. The number of unbranched alkanes of at least 4 members (excludes halogenated alkanes) is 3. The van der Waals surface area contributed by atoms with Gasteiger partial charge < -0.3 is 11.1 Å². The van der Waals surface area contributed by atoms with Crippen LogP contribution in [0.4, 0.5) is 11.4 Å². The molecule has 3 heteroatoms. The van der Waals surface area contributed by atoms with E-state index in [1.54, 1.807) is 6.07 Å². The lowest BCUT2D eigenvalue weighted by atomic mass is 10.0. The van der Waals surface area contributed by atoms with Crippen LogP contribution in [0.3, 0.4) is 0 Å². The van der Waals surface area contributed by atoms with Crippen LogP contribution in [-0.4, -0.2) is 6.54 Å². The van der Waals surface area contributed by atoms with Crippen LogP contribution in [0.15, 0.2) is 18.2 Å². The Hall–Kier alpha value is -0.890. The molecule has 0 aliphatic carbocycles. The third kappa shape index (κ3) is 6.15. The summed E-state index contributed by atoms with van der Waals surface area (Å²) >= 11 is 5.85. The summed E-state index contributed by atoms with van der Waals surface area (Å²) in [6.45, 7) is 5.54. The van der Waals surface area contributed by atoms with Crippen molar-refractivity contribution in [3.05, 3.63) is 23.2 Å². The molecule has 3 N–H and O–H groups in total. The van der Waals surface area contributed by atoms with Gasteiger partial charge in [0.05, 0.1) is 11.4 Å². The number of nitrogen functional groups attached to an aromatic ring is 1. The van der Waals surface area contributed by atoms with Gasteiger partial charge in [-0.2, -0.15) is 0 Å². The maximum absolute atomic E-state index is 5.87. The molecule has 0 saturated carbocycles. The van der Waals surface area contributed by atoms with Crippen molar-refractivity contribution in [2.75, 3.05) is 17.6 Å². The number of hydrogen-bond donors (Lipinski definition) is 2. The normalized spacial score (nSPS) is 10.9. The van der Waals surface area contributed by atoms with Crippen molar-refractivity contribution in [2.45, 2.75) is 46.0 Å². The summed E-state index contributed by atoms with van der Waals surface area (Å²) < 4.78 is 0. The quantitative estimate of drug-likeness (QED) is 0.518. The van der Waals surface area contributed by atoms with Crippen molar-refractivity contribution < 1.29 is 0 Å². The summed E-state index contributed by atoms with van der Waals surface area (Å²) in [5.74, 6) is 0.831. The number of hydrogen-bond acceptors (Lipinski definition) is 2. The van der Waals surface area contributed by atoms with Crippen molar-refractivity contribution >= 4 is 23.0 Å². The molecule has 18 heavy (non-hydrogen) atoms. The molecular weight excluding hydrogens is 244 g/mol. The molecule has 0 aliphatic heterocycles. The first-order valence-corrected chi connectivity index (χ1v) is 7.26. The van der Waals surface area contributed by atoms with Crippen LogP contribution in [0.2, 0.25) is 5.02 Å². The smallest absolute Gasteiger partial charge is 0.0574 e. The number of nitrogens with one attached hydrogen (secondary N) is 1. The van der Waals surface area contributed by atoms with E-state index >= 15 is 0 Å². The number of anilines is 2. The summed E-state index contributed by atoms with van der Waals surface area (Å²) in [5.41, 5.74) is 7.58. The van der Waals surface area contributed by atoms with E-state index < -0.39 is 0 Å². The summed E-state index contributed by atoms with van der Waals surface area (Å²) in [6.07, 6.45) is 6.50. The van der Waals surface area contributed by atoms with Crippen LogP contribution >= 0.6 is 11.6 Å². The van der Waals surface area contributed by atoms with Gasteiger partial charge in [-0.25, -0.2) is 0 Å². The van der Waals surface area contributed by atoms with Gasteiger partial charge in [0.15, 0.2) is 0 Å². The second-order valence-electron chi connectivity index (χ2n) is 5.26. The monoisotopic (exact) mass is 268 g/mol. The third-order valence-corrected chi connectivity index (χ3v) is 3.27. The first-order valence-electron chi connectivity index (χ1n) is 6.88. The van der Waals surface area contributed by atoms with Gasteiger partial charge in [0, 0.05) is 11.6 Å². The Balaban J connectivity index is 2.11. The van der Waals surface area contributed by atoms with Gasteiger partial charge >= 0.3 is 0 Å². The fourth-order valence-electron chi connectivity index (χ4n) is 1.95. The van der Waals surface area contributed by atoms with Crippen LogP contribution in [0.25, 0.3) is 0 Å². The van der Waals surface area contributed by atoms with E-state index in [1.165, 1.54) is 32.1 Å². The molecule has 1 aromatic rings. The molecule has 102 valence electrons. The van der Waals surface area contributed by atoms with Gasteiger partial charge in [0.2, 0.25) is 0 Å². The summed E-state index contributed by atoms with van der Waals surface area (Å²) in [4.78, 5) is 0. The zero-order chi connectivity index (χ0) is 13.4. The SMILES string of the molecule is CC(C)CCCCCCNc1ccc(Cl)cc1N. The van der Waals surface area contributed by atoms with Crippen molar-refractivity contribution in [3.63, 3.8) is 0 Å². The maximum atomic E-state index is 5.87. The molecule has 0 bridgehead atoms. The Morgan fingerprint density at radius 2 is 1.89 bits per heavy atom. The zero-order valence-electron chi connectivity index (χ0n) is 11.5. The number of nitrogens with two attached hydrogens (primary N) is 1. The van der Waals surface area contributed by atoms with E-state index in [1.807, 2.05) is 12.1 Å². The van der Waals surface area contributed by atoms with E-state index in [4.69, 9.17) is 17.3 Å². The lowest BCUT2D eigenvalue weighted by Gasteiger charge is -2.09. The standard InChI is InChI=1S/C15H25ClN2/c1-12(2)7-5-3-4-6-10-18-15-9-8-13(16)11-14(15)17/h8-9,11-12,18H,3-7,10,17H2,1-2H3. The Morgan fingerprint density at radius 1 is 1.17 bits per heavy atom. The van der Waals surface area contributed by atoms with E-state index in [-0.39, 0.29) is 0 Å². The third-order valence-electron chi connectivity index (χ3n) is 3.04. The predicted molar refractivity (Wildman–Crippen MR) is 82.3 cm³/mol.